The van der Waals surface area contributed by atoms with Crippen LogP contribution in [0.15, 0.2) is 66.9 Å². The Morgan fingerprint density at radius 3 is 2.42 bits per heavy atom. The lowest BCUT2D eigenvalue weighted by Gasteiger charge is -2.37. The van der Waals surface area contributed by atoms with Gasteiger partial charge in [0.15, 0.2) is 11.3 Å². The van der Waals surface area contributed by atoms with Gasteiger partial charge in [0.2, 0.25) is 0 Å². The molecule has 0 bridgehead atoms. The number of carbonyl (C=O) groups excluding carboxylic acids is 1. The van der Waals surface area contributed by atoms with E-state index in [-0.39, 0.29) is 11.4 Å². The Morgan fingerprint density at radius 2 is 1.82 bits per heavy atom. The van der Waals surface area contributed by atoms with Crippen LogP contribution in [0.1, 0.15) is 53.2 Å². The Hall–Kier alpha value is -4.91. The van der Waals surface area contributed by atoms with E-state index in [0.29, 0.717) is 30.1 Å². The zero-order valence-corrected chi connectivity index (χ0v) is 20.3. The number of amides is 1. The standard InChI is InChI=1S/C28H25N3O7/c32-24-16-19(17-29-26(24)27(35)30-18-25(33)34)10-13-28(38-23-8-6-22(7-9-23)31(36)37)14-11-21(12-15-28)20-4-2-1-3-5-20/h1-9,16-17,21,32H,11-12,14-15,18H2,(H,30,35)(H,33,34). The lowest BCUT2D eigenvalue weighted by Crippen LogP contribution is -2.38. The van der Waals surface area contributed by atoms with E-state index in [1.165, 1.54) is 30.0 Å². The molecule has 0 saturated heterocycles. The number of nitro groups is 1. The molecular weight excluding hydrogens is 490 g/mol. The molecule has 4 rings (SSSR count). The van der Waals surface area contributed by atoms with Crippen LogP contribution in [0, 0.1) is 22.0 Å². The average Bonchev–Trinajstić information content (AvgIpc) is 2.92. The minimum atomic E-state index is -1.22. The van der Waals surface area contributed by atoms with E-state index in [9.17, 15) is 24.8 Å². The first-order valence-corrected chi connectivity index (χ1v) is 12.0. The highest BCUT2D eigenvalue weighted by Crippen LogP contribution is 2.40. The predicted octanol–water partition coefficient (Wildman–Crippen LogP) is 4.04. The third kappa shape index (κ3) is 6.44. The molecule has 0 spiro atoms. The lowest BCUT2D eigenvalue weighted by molar-refractivity contribution is -0.384. The third-order valence-electron chi connectivity index (χ3n) is 6.34. The van der Waals surface area contributed by atoms with Gasteiger partial charge in [-0.2, -0.15) is 0 Å². The molecule has 10 nitrogen and oxygen atoms in total. The van der Waals surface area contributed by atoms with E-state index < -0.39 is 34.7 Å². The van der Waals surface area contributed by atoms with Crippen LogP contribution in [0.4, 0.5) is 5.69 Å². The fourth-order valence-electron chi connectivity index (χ4n) is 4.38. The number of carbonyl (C=O) groups is 2. The number of nitrogens with one attached hydrogen (secondary N) is 1. The van der Waals surface area contributed by atoms with Crippen molar-refractivity contribution in [1.82, 2.24) is 10.3 Å². The SMILES string of the molecule is O=C(O)CNC(=O)c1ncc(C#CC2(Oc3ccc([N+](=O)[O-])cc3)CCC(c3ccccc3)CC2)cc1O. The van der Waals surface area contributed by atoms with E-state index >= 15 is 0 Å². The van der Waals surface area contributed by atoms with E-state index in [2.05, 4.69) is 34.3 Å². The number of hydrogen-bond donors (Lipinski definition) is 3. The number of aliphatic carboxylic acids is 1. The topological polar surface area (TPSA) is 152 Å². The molecule has 1 heterocycles. The molecule has 3 aromatic rings. The van der Waals surface area contributed by atoms with E-state index in [1.54, 1.807) is 12.1 Å². The van der Waals surface area contributed by atoms with Gasteiger partial charge >= 0.3 is 5.97 Å². The van der Waals surface area contributed by atoms with Crippen LogP contribution in [0.5, 0.6) is 11.5 Å². The van der Waals surface area contributed by atoms with Crippen LogP contribution in [0.2, 0.25) is 0 Å². The third-order valence-corrected chi connectivity index (χ3v) is 6.34. The molecule has 194 valence electrons. The van der Waals surface area contributed by atoms with Crippen molar-refractivity contribution in [2.24, 2.45) is 0 Å². The summed E-state index contributed by atoms with van der Waals surface area (Å²) in [5, 5.41) is 32.1. The maximum Gasteiger partial charge on any atom is 0.322 e. The largest absolute Gasteiger partial charge is 0.505 e. The van der Waals surface area contributed by atoms with E-state index in [4.69, 9.17) is 9.84 Å². The summed E-state index contributed by atoms with van der Waals surface area (Å²) in [6, 6.07) is 17.3. The van der Waals surface area contributed by atoms with E-state index in [1.807, 2.05) is 18.2 Å². The number of pyridine rings is 1. The number of aromatic hydroxyl groups is 1. The van der Waals surface area contributed by atoms with Crippen molar-refractivity contribution >= 4 is 17.6 Å². The number of rotatable bonds is 7. The quantitative estimate of drug-likeness (QED) is 0.242. The van der Waals surface area contributed by atoms with E-state index in [0.717, 1.165) is 12.8 Å². The molecule has 1 aliphatic carbocycles. The predicted molar refractivity (Wildman–Crippen MR) is 137 cm³/mol. The van der Waals surface area contributed by atoms with Gasteiger partial charge in [0.05, 0.1) is 4.92 Å². The van der Waals surface area contributed by atoms with Gasteiger partial charge in [-0.05, 0) is 61.3 Å². The number of non-ortho nitro benzene ring substituents is 1. The van der Waals surface area contributed by atoms with Gasteiger partial charge < -0.3 is 20.3 Å². The summed E-state index contributed by atoms with van der Waals surface area (Å²) >= 11 is 0. The first kappa shape index (κ1) is 26.2. The Kier molecular flexibility index (Phi) is 7.87. The highest BCUT2D eigenvalue weighted by molar-refractivity contribution is 5.96. The van der Waals surface area contributed by atoms with Gasteiger partial charge in [0.25, 0.3) is 11.6 Å². The molecule has 1 aromatic heterocycles. The Bertz CT molecular complexity index is 1390. The molecule has 0 aliphatic heterocycles. The minimum Gasteiger partial charge on any atom is -0.505 e. The van der Waals surface area contributed by atoms with Gasteiger partial charge in [0.1, 0.15) is 18.0 Å². The van der Waals surface area contributed by atoms with Gasteiger partial charge in [-0.15, -0.1) is 0 Å². The lowest BCUT2D eigenvalue weighted by atomic mass is 9.76. The molecule has 10 heteroatoms. The van der Waals surface area contributed by atoms with Crippen molar-refractivity contribution in [2.45, 2.75) is 37.2 Å². The highest BCUT2D eigenvalue weighted by atomic mass is 16.6. The van der Waals surface area contributed by atoms with Crippen LogP contribution in [0.25, 0.3) is 0 Å². The summed E-state index contributed by atoms with van der Waals surface area (Å²) < 4.78 is 6.33. The molecule has 0 atom stereocenters. The number of nitro benzene ring substituents is 1. The minimum absolute atomic E-state index is 0.0423. The van der Waals surface area contributed by atoms with Crippen molar-refractivity contribution in [3.8, 4) is 23.3 Å². The fourth-order valence-corrected chi connectivity index (χ4v) is 4.38. The molecule has 0 radical (unpaired) electrons. The zero-order valence-electron chi connectivity index (χ0n) is 20.3. The van der Waals surface area contributed by atoms with Crippen molar-refractivity contribution in [2.75, 3.05) is 6.54 Å². The Balaban J connectivity index is 1.57. The number of carboxylic acids is 1. The molecule has 1 aliphatic rings. The van der Waals surface area contributed by atoms with Crippen molar-refractivity contribution < 1.29 is 29.5 Å². The summed E-state index contributed by atoms with van der Waals surface area (Å²) in [5.74, 6) is 4.50. The second kappa shape index (κ2) is 11.4. The van der Waals surface area contributed by atoms with Gasteiger partial charge in [-0.3, -0.25) is 19.7 Å². The zero-order chi connectivity index (χ0) is 27.1. The van der Waals surface area contributed by atoms with Gasteiger partial charge in [0, 0.05) is 23.9 Å². The van der Waals surface area contributed by atoms with Crippen LogP contribution in [-0.2, 0) is 4.79 Å². The van der Waals surface area contributed by atoms with Crippen LogP contribution >= 0.6 is 0 Å². The van der Waals surface area contributed by atoms with Crippen molar-refractivity contribution in [3.05, 3.63) is 93.8 Å². The summed E-state index contributed by atoms with van der Waals surface area (Å²) in [4.78, 5) is 37.2. The summed E-state index contributed by atoms with van der Waals surface area (Å²) in [6.45, 7) is -0.603. The number of benzene rings is 2. The summed E-state index contributed by atoms with van der Waals surface area (Å²) in [6.07, 6.45) is 4.16. The Labute approximate surface area is 218 Å². The molecular formula is C28H25N3O7. The normalized spacial score (nSPS) is 18.5. The number of nitrogens with zero attached hydrogens (tertiary/aromatic N) is 2. The molecule has 0 unspecified atom stereocenters. The van der Waals surface area contributed by atoms with Gasteiger partial charge in [-0.1, -0.05) is 36.3 Å². The molecule has 1 amide bonds. The molecule has 3 N–H and O–H groups in total. The number of carboxylic acid groups (broad SMARTS) is 1. The monoisotopic (exact) mass is 515 g/mol. The van der Waals surface area contributed by atoms with Crippen LogP contribution in [-0.4, -0.2) is 44.1 Å². The van der Waals surface area contributed by atoms with Crippen LogP contribution < -0.4 is 10.1 Å². The number of aromatic nitrogens is 1. The molecule has 1 saturated carbocycles. The molecule has 38 heavy (non-hydrogen) atoms. The highest BCUT2D eigenvalue weighted by Gasteiger charge is 2.36. The maximum absolute atomic E-state index is 12.1. The number of ether oxygens (including phenoxy) is 1. The second-order valence-corrected chi connectivity index (χ2v) is 8.95. The van der Waals surface area contributed by atoms with Crippen molar-refractivity contribution in [3.63, 3.8) is 0 Å². The Morgan fingerprint density at radius 1 is 1.13 bits per heavy atom. The second-order valence-electron chi connectivity index (χ2n) is 8.95. The van der Waals surface area contributed by atoms with Crippen LogP contribution in [0.3, 0.4) is 0 Å². The first-order valence-electron chi connectivity index (χ1n) is 12.0. The number of hydrogen-bond acceptors (Lipinski definition) is 7. The summed E-state index contributed by atoms with van der Waals surface area (Å²) in [5.41, 5.74) is 0.356. The first-order chi connectivity index (χ1) is 18.2. The average molecular weight is 516 g/mol. The van der Waals surface area contributed by atoms with Crippen molar-refractivity contribution in [1.29, 1.82) is 0 Å². The molecule has 1 fully saturated rings. The molecule has 2 aromatic carbocycles. The fraction of sp³-hybridized carbons (Fsp3) is 0.250. The summed E-state index contributed by atoms with van der Waals surface area (Å²) in [7, 11) is 0. The van der Waals surface area contributed by atoms with Gasteiger partial charge in [-0.25, -0.2) is 4.98 Å². The maximum atomic E-state index is 12.1. The smallest absolute Gasteiger partial charge is 0.322 e.